The molecule has 3 aliphatic rings. The first kappa shape index (κ1) is 30.4. The Balaban J connectivity index is 1.21. The molecule has 7 rings (SSSR count). The van der Waals surface area contributed by atoms with Crippen LogP contribution < -0.4 is 11.3 Å². The molecule has 0 saturated carbocycles. The number of aromatic amines is 1. The number of aliphatic hydroxyl groups excluding tert-OH is 1. The van der Waals surface area contributed by atoms with Crippen molar-refractivity contribution in [1.29, 1.82) is 0 Å². The standard InChI is InChI=1S/C21H22F2N8O12P2/c22-7-1-30(17-10(7)19(33)28-5-26-17)21-15-13(32)8(40-21)2-38-44(34,35)42-14-9(3-39-45(36,37)43-15)41-20(11(14)23)31-6-29-12-16(24)25-4-27-18(12)31/h1,4-6,8-9,11,13-15,20-21,32H,2-3H2,(H,34,35)(H,36,37)(H2,24,25,27)(H,26,28,33)/t8-,9-,11-,13-,14-,15-,20-,21-/m1/s1. The number of hydrogen-bond donors (Lipinski definition) is 5. The molecule has 0 spiro atoms. The number of aliphatic hydroxyl groups is 1. The average molecular weight is 678 g/mol. The van der Waals surface area contributed by atoms with Gasteiger partial charge in [0.05, 0.1) is 25.9 Å². The molecule has 242 valence electrons. The second-order valence-corrected chi connectivity index (χ2v) is 12.9. The third-order valence-corrected chi connectivity index (χ3v) is 9.37. The van der Waals surface area contributed by atoms with Gasteiger partial charge in [-0.15, -0.1) is 0 Å². The number of rotatable bonds is 2. The zero-order valence-electron chi connectivity index (χ0n) is 22.3. The minimum atomic E-state index is -5.21. The Morgan fingerprint density at radius 3 is 2.40 bits per heavy atom. The number of phosphoric acid groups is 2. The topological polar surface area (TPSA) is 271 Å². The molecule has 3 fully saturated rings. The van der Waals surface area contributed by atoms with Gasteiger partial charge in [0.2, 0.25) is 0 Å². The zero-order valence-corrected chi connectivity index (χ0v) is 24.1. The molecular weight excluding hydrogens is 656 g/mol. The van der Waals surface area contributed by atoms with E-state index in [0.29, 0.717) is 0 Å². The van der Waals surface area contributed by atoms with Crippen LogP contribution in [0.5, 0.6) is 0 Å². The second-order valence-electron chi connectivity index (χ2n) is 10.1. The predicted octanol–water partition coefficient (Wildman–Crippen LogP) is -0.202. The highest BCUT2D eigenvalue weighted by Crippen LogP contribution is 2.54. The van der Waals surface area contributed by atoms with Gasteiger partial charge in [-0.05, 0) is 0 Å². The van der Waals surface area contributed by atoms with E-state index >= 15 is 4.39 Å². The van der Waals surface area contributed by atoms with Crippen LogP contribution in [0.3, 0.4) is 0 Å². The first-order valence-corrected chi connectivity index (χ1v) is 15.9. The molecule has 2 unspecified atom stereocenters. The Labute approximate surface area is 247 Å². The zero-order chi connectivity index (χ0) is 31.8. The molecular formula is C21H22F2N8O12P2. The quantitative estimate of drug-likeness (QED) is 0.172. The SMILES string of the molecule is Nc1ncnc2c1ncn2[C@@H]1O[C@@H]2COP(=O)(O)O[C@@H]3[C@H](O)[C@@H](COP(=O)(O)O[C@H]2[C@H]1F)O[C@H]3n1cc(F)c2c(=O)[nH]cnc21. The molecule has 4 aromatic heterocycles. The molecule has 0 aliphatic carbocycles. The smallest absolute Gasteiger partial charge is 0.387 e. The number of nitrogens with two attached hydrogens (primary N) is 1. The number of H-pyrrole nitrogens is 1. The number of fused-ring (bicyclic) bond motifs is 5. The van der Waals surface area contributed by atoms with Crippen molar-refractivity contribution in [3.05, 3.63) is 41.3 Å². The van der Waals surface area contributed by atoms with Crippen molar-refractivity contribution in [1.82, 2.24) is 34.1 Å². The van der Waals surface area contributed by atoms with Gasteiger partial charge in [0.25, 0.3) is 5.56 Å². The molecule has 24 heteroatoms. The number of nitrogens with zero attached hydrogens (tertiary/aromatic N) is 6. The van der Waals surface area contributed by atoms with Crippen molar-refractivity contribution < 1.29 is 60.4 Å². The van der Waals surface area contributed by atoms with Gasteiger partial charge >= 0.3 is 15.6 Å². The number of anilines is 1. The normalized spacial score (nSPS) is 37.7. The molecule has 45 heavy (non-hydrogen) atoms. The van der Waals surface area contributed by atoms with Gasteiger partial charge in [-0.3, -0.25) is 27.5 Å². The van der Waals surface area contributed by atoms with Gasteiger partial charge in [-0.25, -0.2) is 37.8 Å². The highest BCUT2D eigenvalue weighted by atomic mass is 31.2. The molecule has 0 aromatic carbocycles. The van der Waals surface area contributed by atoms with Gasteiger partial charge in [0, 0.05) is 6.20 Å². The number of ether oxygens (including phenoxy) is 2. The van der Waals surface area contributed by atoms with Crippen LogP contribution in [0.2, 0.25) is 0 Å². The molecule has 2 bridgehead atoms. The summed E-state index contributed by atoms with van der Waals surface area (Å²) in [5.74, 6) is -1.06. The third kappa shape index (κ3) is 5.26. The number of hydrogen-bond acceptors (Lipinski definition) is 15. The molecule has 10 atom stereocenters. The fourth-order valence-corrected chi connectivity index (χ4v) is 7.26. The Morgan fingerprint density at radius 2 is 1.64 bits per heavy atom. The van der Waals surface area contributed by atoms with Crippen LogP contribution >= 0.6 is 15.6 Å². The summed E-state index contributed by atoms with van der Waals surface area (Å²) in [5.41, 5.74) is 4.81. The first-order chi connectivity index (χ1) is 21.3. The summed E-state index contributed by atoms with van der Waals surface area (Å²) in [4.78, 5) is 51.3. The molecule has 0 amide bonds. The van der Waals surface area contributed by atoms with Gasteiger partial charge in [-0.1, -0.05) is 0 Å². The molecule has 4 aromatic rings. The number of nitrogen functional groups attached to an aromatic ring is 1. The van der Waals surface area contributed by atoms with Gasteiger partial charge < -0.3 is 39.7 Å². The average Bonchev–Trinajstić information content (AvgIpc) is 3.71. The van der Waals surface area contributed by atoms with Gasteiger partial charge in [-0.2, -0.15) is 0 Å². The van der Waals surface area contributed by atoms with E-state index in [1.165, 1.54) is 0 Å². The van der Waals surface area contributed by atoms with Crippen LogP contribution in [-0.4, -0.2) is 98.9 Å². The monoisotopic (exact) mass is 678 g/mol. The Hall–Kier alpha value is -3.27. The molecule has 3 aliphatic heterocycles. The van der Waals surface area contributed by atoms with Gasteiger partial charge in [0.1, 0.15) is 47.8 Å². The maximum atomic E-state index is 15.9. The van der Waals surface area contributed by atoms with Crippen molar-refractivity contribution in [2.45, 2.75) is 49.1 Å². The maximum Gasteiger partial charge on any atom is 0.472 e. The highest BCUT2D eigenvalue weighted by Gasteiger charge is 2.54. The van der Waals surface area contributed by atoms with E-state index in [0.717, 1.165) is 34.3 Å². The van der Waals surface area contributed by atoms with Crippen molar-refractivity contribution >= 4 is 43.7 Å². The van der Waals surface area contributed by atoms with Crippen LogP contribution in [0.15, 0.2) is 30.0 Å². The summed E-state index contributed by atoms with van der Waals surface area (Å²) in [5, 5.41) is 10.5. The van der Waals surface area contributed by atoms with E-state index in [9.17, 15) is 33.2 Å². The Bertz CT molecular complexity index is 1940. The molecule has 6 N–H and O–H groups in total. The van der Waals surface area contributed by atoms with E-state index in [1.807, 2.05) is 0 Å². The maximum absolute atomic E-state index is 15.9. The van der Waals surface area contributed by atoms with Crippen LogP contribution in [0.25, 0.3) is 22.2 Å². The third-order valence-electron chi connectivity index (χ3n) is 7.40. The number of nitrogens with one attached hydrogen (secondary N) is 1. The number of phosphoric ester groups is 2. The van der Waals surface area contributed by atoms with Crippen LogP contribution in [0.1, 0.15) is 12.5 Å². The van der Waals surface area contributed by atoms with Crippen molar-refractivity contribution in [3.8, 4) is 0 Å². The van der Waals surface area contributed by atoms with E-state index < -0.39 is 94.8 Å². The van der Waals surface area contributed by atoms with Crippen molar-refractivity contribution in [2.75, 3.05) is 18.9 Å². The molecule has 7 heterocycles. The number of aromatic nitrogens is 7. The van der Waals surface area contributed by atoms with E-state index in [1.54, 1.807) is 0 Å². The fourth-order valence-electron chi connectivity index (χ4n) is 5.37. The number of alkyl halides is 1. The summed E-state index contributed by atoms with van der Waals surface area (Å²) < 4.78 is 90.5. The summed E-state index contributed by atoms with van der Waals surface area (Å²) >= 11 is 0. The summed E-state index contributed by atoms with van der Waals surface area (Å²) in [6.45, 7) is -1.85. The lowest BCUT2D eigenvalue weighted by atomic mass is 10.1. The minimum absolute atomic E-state index is 0.0171. The highest BCUT2D eigenvalue weighted by molar-refractivity contribution is 7.47. The number of halogens is 2. The minimum Gasteiger partial charge on any atom is -0.387 e. The summed E-state index contributed by atoms with van der Waals surface area (Å²) in [6, 6.07) is 0. The lowest BCUT2D eigenvalue weighted by Gasteiger charge is -2.25. The lowest BCUT2D eigenvalue weighted by Crippen LogP contribution is -2.35. The predicted molar refractivity (Wildman–Crippen MR) is 140 cm³/mol. The van der Waals surface area contributed by atoms with E-state index in [2.05, 4.69) is 24.9 Å². The van der Waals surface area contributed by atoms with Crippen LogP contribution in [0.4, 0.5) is 14.6 Å². The van der Waals surface area contributed by atoms with Crippen molar-refractivity contribution in [2.24, 2.45) is 0 Å². The van der Waals surface area contributed by atoms with Crippen LogP contribution in [-0.2, 0) is 36.7 Å². The second kappa shape index (κ2) is 10.9. The van der Waals surface area contributed by atoms with Crippen LogP contribution in [0, 0.1) is 5.82 Å². The Morgan fingerprint density at radius 1 is 0.956 bits per heavy atom. The Kier molecular flexibility index (Phi) is 7.37. The summed E-state index contributed by atoms with van der Waals surface area (Å²) in [7, 11) is -10.4. The largest absolute Gasteiger partial charge is 0.472 e. The first-order valence-electron chi connectivity index (χ1n) is 12.9. The molecule has 3 saturated heterocycles. The molecule has 20 nitrogen and oxygen atoms in total. The van der Waals surface area contributed by atoms with E-state index in [4.69, 9.17) is 33.3 Å². The summed E-state index contributed by atoms with van der Waals surface area (Å²) in [6.07, 6.45) is -10.3. The lowest BCUT2D eigenvalue weighted by molar-refractivity contribution is -0.0670. The molecule has 0 radical (unpaired) electrons. The van der Waals surface area contributed by atoms with Gasteiger partial charge in [0.15, 0.2) is 41.6 Å². The number of imidazole rings is 1. The van der Waals surface area contributed by atoms with Crippen molar-refractivity contribution in [3.63, 3.8) is 0 Å². The van der Waals surface area contributed by atoms with E-state index in [-0.39, 0.29) is 22.6 Å². The fraction of sp³-hybridized carbons (Fsp3) is 0.476.